The lowest BCUT2D eigenvalue weighted by Gasteiger charge is -2.13. The Morgan fingerprint density at radius 1 is 1.50 bits per heavy atom. The van der Waals surface area contributed by atoms with E-state index < -0.39 is 6.10 Å². The maximum absolute atomic E-state index is 11.6. The molecule has 22 heavy (non-hydrogen) atoms. The number of nitrogens with zero attached hydrogens (tertiary/aromatic N) is 2. The summed E-state index contributed by atoms with van der Waals surface area (Å²) < 4.78 is 5.17. The number of nitrogens with one attached hydrogen (secondary N) is 1. The van der Waals surface area contributed by atoms with Crippen LogP contribution >= 0.6 is 0 Å². The molecule has 0 spiro atoms. The van der Waals surface area contributed by atoms with Crippen LogP contribution in [0.3, 0.4) is 0 Å². The largest absolute Gasteiger partial charge is 0.507 e. The number of hydrogen-bond acceptors (Lipinski definition) is 5. The van der Waals surface area contributed by atoms with Gasteiger partial charge in [0.2, 0.25) is 0 Å². The Hall–Kier alpha value is -2.81. The summed E-state index contributed by atoms with van der Waals surface area (Å²) in [5.74, 6) is -0.431. The van der Waals surface area contributed by atoms with Crippen LogP contribution in [0, 0.1) is 17.2 Å². The van der Waals surface area contributed by atoms with E-state index in [0.717, 1.165) is 18.4 Å². The van der Waals surface area contributed by atoms with Gasteiger partial charge in [0.25, 0.3) is 0 Å². The number of hydrogen-bond donors (Lipinski definition) is 2. The number of carbonyl (C=O) groups excluding carboxylic acids is 1. The fourth-order valence-electron chi connectivity index (χ4n) is 2.15. The maximum Gasteiger partial charge on any atom is 0.309 e. The van der Waals surface area contributed by atoms with Crippen LogP contribution in [0.25, 0.3) is 16.6 Å². The van der Waals surface area contributed by atoms with Gasteiger partial charge in [0, 0.05) is 0 Å². The zero-order valence-corrected chi connectivity index (χ0v) is 12.0. The standard InChI is InChI=1S/C16H15N3O3/c1-9(22-16(21)10-6-7-10)14(20)11(8-17)15-18-12-4-2-3-5-13(12)19-15/h2-5,9-10,20H,6-7H2,1H3,(H,18,19)/b14-11-/t9-/m1/s1. The van der Waals surface area contributed by atoms with Gasteiger partial charge in [-0.15, -0.1) is 0 Å². The van der Waals surface area contributed by atoms with E-state index in [2.05, 4.69) is 9.97 Å². The predicted octanol–water partition coefficient (Wildman–Crippen LogP) is 2.70. The molecule has 0 unspecified atom stereocenters. The minimum atomic E-state index is -0.879. The molecule has 1 saturated carbocycles. The van der Waals surface area contributed by atoms with Crippen molar-refractivity contribution in [3.63, 3.8) is 0 Å². The summed E-state index contributed by atoms with van der Waals surface area (Å²) in [6.07, 6.45) is 0.769. The second-order valence-corrected chi connectivity index (χ2v) is 5.33. The van der Waals surface area contributed by atoms with Crippen LogP contribution < -0.4 is 0 Å². The smallest absolute Gasteiger partial charge is 0.309 e. The van der Waals surface area contributed by atoms with Crippen molar-refractivity contribution in [2.45, 2.75) is 25.9 Å². The Kier molecular flexibility index (Phi) is 3.55. The van der Waals surface area contributed by atoms with Crippen LogP contribution in [0.5, 0.6) is 0 Å². The van der Waals surface area contributed by atoms with Crippen molar-refractivity contribution in [3.05, 3.63) is 35.8 Å². The average molecular weight is 297 g/mol. The van der Waals surface area contributed by atoms with Crippen LogP contribution in [-0.4, -0.2) is 27.1 Å². The number of aromatic nitrogens is 2. The minimum absolute atomic E-state index is 0.0210. The van der Waals surface area contributed by atoms with Crippen molar-refractivity contribution < 1.29 is 14.6 Å². The van der Waals surface area contributed by atoms with Crippen molar-refractivity contribution in [3.8, 4) is 6.07 Å². The van der Waals surface area contributed by atoms with E-state index in [1.165, 1.54) is 6.92 Å². The molecule has 6 nitrogen and oxygen atoms in total. The van der Waals surface area contributed by atoms with Gasteiger partial charge in [-0.1, -0.05) is 12.1 Å². The number of aliphatic hydroxyl groups excluding tert-OH is 1. The van der Waals surface area contributed by atoms with Gasteiger partial charge in [-0.25, -0.2) is 4.98 Å². The summed E-state index contributed by atoms with van der Waals surface area (Å²) >= 11 is 0. The summed E-state index contributed by atoms with van der Waals surface area (Å²) in [5.41, 5.74) is 1.44. The number of aliphatic hydroxyl groups is 1. The number of benzene rings is 1. The van der Waals surface area contributed by atoms with Gasteiger partial charge in [-0.2, -0.15) is 5.26 Å². The number of carbonyl (C=O) groups is 1. The lowest BCUT2D eigenvalue weighted by molar-refractivity contribution is -0.149. The minimum Gasteiger partial charge on any atom is -0.507 e. The number of imidazole rings is 1. The number of aromatic amines is 1. The molecule has 6 heteroatoms. The summed E-state index contributed by atoms with van der Waals surface area (Å²) in [6.45, 7) is 1.54. The van der Waals surface area contributed by atoms with Crippen molar-refractivity contribution in [1.29, 1.82) is 5.26 Å². The van der Waals surface area contributed by atoms with Crippen molar-refractivity contribution in [2.75, 3.05) is 0 Å². The Balaban J connectivity index is 1.90. The highest BCUT2D eigenvalue weighted by atomic mass is 16.6. The topological polar surface area (TPSA) is 99.0 Å². The molecule has 1 heterocycles. The Bertz CT molecular complexity index is 763. The third-order valence-electron chi connectivity index (χ3n) is 3.58. The van der Waals surface area contributed by atoms with Gasteiger partial charge >= 0.3 is 5.97 Å². The van der Waals surface area contributed by atoms with Crippen LogP contribution in [0.2, 0.25) is 0 Å². The average Bonchev–Trinajstić information content (AvgIpc) is 3.27. The van der Waals surface area contributed by atoms with Gasteiger partial charge in [-0.3, -0.25) is 4.79 Å². The SMILES string of the molecule is C[C@@H](OC(=O)C1CC1)/C(O)=C(\C#N)c1nc2ccccc2[nH]1. The van der Waals surface area contributed by atoms with Crippen LogP contribution in [0.1, 0.15) is 25.6 Å². The molecular weight excluding hydrogens is 282 g/mol. The molecule has 3 rings (SSSR count). The van der Waals surface area contributed by atoms with Gasteiger partial charge in [0.1, 0.15) is 11.6 Å². The zero-order valence-electron chi connectivity index (χ0n) is 12.0. The van der Waals surface area contributed by atoms with Gasteiger partial charge in [-0.05, 0) is 31.9 Å². The van der Waals surface area contributed by atoms with Crippen molar-refractivity contribution >= 4 is 22.6 Å². The number of fused-ring (bicyclic) bond motifs is 1. The number of rotatable bonds is 4. The third-order valence-corrected chi connectivity index (χ3v) is 3.58. The molecule has 0 bridgehead atoms. The van der Waals surface area contributed by atoms with E-state index in [1.807, 2.05) is 24.3 Å². The number of nitriles is 1. The molecule has 1 fully saturated rings. The summed E-state index contributed by atoms with van der Waals surface area (Å²) in [7, 11) is 0. The van der Waals surface area contributed by atoms with E-state index in [1.54, 1.807) is 6.07 Å². The van der Waals surface area contributed by atoms with Gasteiger partial charge < -0.3 is 14.8 Å². The molecule has 1 aliphatic rings. The molecule has 0 radical (unpaired) electrons. The Morgan fingerprint density at radius 2 is 2.23 bits per heavy atom. The molecule has 2 N–H and O–H groups in total. The molecule has 0 amide bonds. The summed E-state index contributed by atoms with van der Waals surface area (Å²) in [4.78, 5) is 18.9. The second kappa shape index (κ2) is 5.53. The van der Waals surface area contributed by atoms with Crippen molar-refractivity contribution in [1.82, 2.24) is 9.97 Å². The normalized spacial score (nSPS) is 16.7. The summed E-state index contributed by atoms with van der Waals surface area (Å²) in [5, 5.41) is 19.5. The quantitative estimate of drug-likeness (QED) is 0.513. The predicted molar refractivity (Wildman–Crippen MR) is 79.5 cm³/mol. The molecule has 112 valence electrons. The fraction of sp³-hybridized carbons (Fsp3) is 0.312. The molecule has 2 aromatic rings. The molecular formula is C16H15N3O3. The lowest BCUT2D eigenvalue weighted by atomic mass is 10.1. The number of allylic oxidation sites excluding steroid dienone is 1. The van der Waals surface area contributed by atoms with E-state index >= 15 is 0 Å². The lowest BCUT2D eigenvalue weighted by Crippen LogP contribution is -2.19. The first-order chi connectivity index (χ1) is 10.6. The summed E-state index contributed by atoms with van der Waals surface area (Å²) in [6, 6.07) is 9.24. The first-order valence-electron chi connectivity index (χ1n) is 7.09. The van der Waals surface area contributed by atoms with E-state index in [0.29, 0.717) is 5.52 Å². The van der Waals surface area contributed by atoms with E-state index in [9.17, 15) is 15.2 Å². The molecule has 0 aliphatic heterocycles. The fourth-order valence-corrected chi connectivity index (χ4v) is 2.15. The zero-order chi connectivity index (χ0) is 15.7. The highest BCUT2D eigenvalue weighted by molar-refractivity contribution is 5.83. The second-order valence-electron chi connectivity index (χ2n) is 5.33. The van der Waals surface area contributed by atoms with E-state index in [4.69, 9.17) is 4.74 Å². The molecule has 0 saturated heterocycles. The Labute approximate surface area is 127 Å². The number of ether oxygens (including phenoxy) is 1. The first kappa shape index (κ1) is 14.1. The number of H-pyrrole nitrogens is 1. The molecule has 1 aromatic carbocycles. The van der Waals surface area contributed by atoms with Crippen molar-refractivity contribution in [2.24, 2.45) is 5.92 Å². The third kappa shape index (κ3) is 2.66. The highest BCUT2D eigenvalue weighted by Gasteiger charge is 2.33. The monoisotopic (exact) mass is 297 g/mol. The highest BCUT2D eigenvalue weighted by Crippen LogP contribution is 2.31. The van der Waals surface area contributed by atoms with Gasteiger partial charge in [0.05, 0.1) is 17.0 Å². The first-order valence-corrected chi connectivity index (χ1v) is 7.09. The molecule has 1 aliphatic carbocycles. The van der Waals surface area contributed by atoms with Gasteiger partial charge in [0.15, 0.2) is 17.7 Å². The van der Waals surface area contributed by atoms with Crippen LogP contribution in [0.15, 0.2) is 30.0 Å². The van der Waals surface area contributed by atoms with Crippen LogP contribution in [0.4, 0.5) is 0 Å². The Morgan fingerprint density at radius 3 is 2.86 bits per heavy atom. The maximum atomic E-state index is 11.6. The van der Waals surface area contributed by atoms with E-state index in [-0.39, 0.29) is 29.0 Å². The number of para-hydroxylation sites is 2. The van der Waals surface area contributed by atoms with Crippen LogP contribution in [-0.2, 0) is 9.53 Å². The molecule has 1 atom stereocenters. The number of esters is 1. The molecule has 1 aromatic heterocycles.